The molecule has 0 aliphatic heterocycles. The fraction of sp³-hybridized carbons (Fsp3) is 0. The molecule has 0 radical (unpaired) electrons. The summed E-state index contributed by atoms with van der Waals surface area (Å²) in [7, 11) is 0. The number of fused-ring (bicyclic) bond motifs is 3. The Kier molecular flexibility index (Phi) is 4.67. The highest BCUT2D eigenvalue weighted by atomic mass is 15.3. The van der Waals surface area contributed by atoms with Crippen LogP contribution in [0.1, 0.15) is 0 Å². The van der Waals surface area contributed by atoms with Gasteiger partial charge in [-0.2, -0.15) is 0 Å². The van der Waals surface area contributed by atoms with Crippen molar-refractivity contribution in [1.29, 1.82) is 0 Å². The molecule has 4 aromatic heterocycles. The molecule has 0 saturated carbocycles. The van der Waals surface area contributed by atoms with E-state index >= 15 is 0 Å². The highest BCUT2D eigenvalue weighted by molar-refractivity contribution is 6.09. The molecule has 36 heavy (non-hydrogen) atoms. The molecule has 7 aromatic rings. The van der Waals surface area contributed by atoms with Gasteiger partial charge in [0.2, 0.25) is 0 Å². The smallest absolute Gasteiger partial charge is 0.187 e. The van der Waals surface area contributed by atoms with E-state index in [1.807, 2.05) is 65.4 Å². The molecule has 6 heteroatoms. The zero-order valence-corrected chi connectivity index (χ0v) is 19.2. The summed E-state index contributed by atoms with van der Waals surface area (Å²) in [5.74, 6) is 2.26. The summed E-state index contributed by atoms with van der Waals surface area (Å²) >= 11 is 0. The largest absolute Gasteiger partial charge is 0.294 e. The first kappa shape index (κ1) is 20.3. The Morgan fingerprint density at radius 1 is 0.500 bits per heavy atom. The van der Waals surface area contributed by atoms with Gasteiger partial charge in [-0.15, -0.1) is 10.2 Å². The number of hydrogen-bond donors (Lipinski definition) is 0. The molecule has 0 aliphatic carbocycles. The predicted molar refractivity (Wildman–Crippen MR) is 142 cm³/mol. The number of pyridine rings is 2. The molecule has 0 unspecified atom stereocenters. The molecular formula is C30H20N6. The number of hydrogen-bond acceptors (Lipinski definition) is 4. The molecule has 170 valence electrons. The Labute approximate surface area is 207 Å². The predicted octanol–water partition coefficient (Wildman–Crippen LogP) is 6.49. The summed E-state index contributed by atoms with van der Waals surface area (Å²) in [6, 6.07) is 36.8. The summed E-state index contributed by atoms with van der Waals surface area (Å²) in [6.45, 7) is 0. The summed E-state index contributed by atoms with van der Waals surface area (Å²) in [5.41, 5.74) is 4.84. The number of para-hydroxylation sites is 2. The minimum absolute atomic E-state index is 0.667. The van der Waals surface area contributed by atoms with Crippen LogP contribution in [0.3, 0.4) is 0 Å². The Morgan fingerprint density at radius 2 is 1.17 bits per heavy atom. The molecule has 3 aromatic carbocycles. The van der Waals surface area contributed by atoms with Crippen molar-refractivity contribution in [2.45, 2.75) is 0 Å². The van der Waals surface area contributed by atoms with Gasteiger partial charge in [-0.1, -0.05) is 72.8 Å². The van der Waals surface area contributed by atoms with Crippen LogP contribution in [-0.4, -0.2) is 29.3 Å². The minimum atomic E-state index is 0.667. The van der Waals surface area contributed by atoms with Crippen LogP contribution in [0.5, 0.6) is 0 Å². The standard InChI is InChI=1S/C30H20N6/c1-2-10-21(11-3-1)29-33-34-30(25-14-8-9-19-31-25)35(29)22-17-18-28(32-20-22)36-26-15-6-4-12-23(26)24-13-5-7-16-27(24)36/h1-20H. The van der Waals surface area contributed by atoms with E-state index in [2.05, 4.69) is 74.3 Å². The van der Waals surface area contributed by atoms with E-state index in [0.29, 0.717) is 5.82 Å². The SMILES string of the molecule is c1ccc(-c2nnc(-c3ccccn3)n2-c2ccc(-n3c4ccccc4c4ccccc43)nc2)cc1. The van der Waals surface area contributed by atoms with Gasteiger partial charge in [-0.3, -0.25) is 14.1 Å². The first-order valence-electron chi connectivity index (χ1n) is 11.8. The van der Waals surface area contributed by atoms with Crippen LogP contribution in [0.4, 0.5) is 0 Å². The highest BCUT2D eigenvalue weighted by Gasteiger charge is 2.19. The molecular weight excluding hydrogens is 444 g/mol. The lowest BCUT2D eigenvalue weighted by atomic mass is 10.2. The zero-order chi connectivity index (χ0) is 23.9. The topological polar surface area (TPSA) is 61.4 Å². The van der Waals surface area contributed by atoms with E-state index in [1.165, 1.54) is 10.8 Å². The van der Waals surface area contributed by atoms with E-state index in [0.717, 1.165) is 39.6 Å². The number of nitrogens with zero attached hydrogens (tertiary/aromatic N) is 6. The van der Waals surface area contributed by atoms with E-state index in [-0.39, 0.29) is 0 Å². The van der Waals surface area contributed by atoms with Gasteiger partial charge in [0.25, 0.3) is 0 Å². The molecule has 0 bridgehead atoms. The van der Waals surface area contributed by atoms with E-state index in [4.69, 9.17) is 4.98 Å². The second kappa shape index (κ2) is 8.29. The first-order chi connectivity index (χ1) is 17.9. The van der Waals surface area contributed by atoms with Crippen molar-refractivity contribution in [3.8, 4) is 34.4 Å². The van der Waals surface area contributed by atoms with Gasteiger partial charge in [-0.05, 0) is 36.4 Å². The van der Waals surface area contributed by atoms with E-state index < -0.39 is 0 Å². The summed E-state index contributed by atoms with van der Waals surface area (Å²) in [5, 5.41) is 11.5. The molecule has 0 fully saturated rings. The van der Waals surface area contributed by atoms with E-state index in [9.17, 15) is 0 Å². The lowest BCUT2D eigenvalue weighted by molar-refractivity contribution is 1.01. The normalized spacial score (nSPS) is 11.3. The highest BCUT2D eigenvalue weighted by Crippen LogP contribution is 2.32. The third-order valence-electron chi connectivity index (χ3n) is 6.39. The minimum Gasteiger partial charge on any atom is -0.294 e. The van der Waals surface area contributed by atoms with Crippen LogP contribution in [0, 0.1) is 0 Å². The quantitative estimate of drug-likeness (QED) is 0.299. The second-order valence-corrected chi connectivity index (χ2v) is 8.51. The number of rotatable bonds is 4. The van der Waals surface area contributed by atoms with Gasteiger partial charge < -0.3 is 0 Å². The van der Waals surface area contributed by atoms with Crippen molar-refractivity contribution in [3.63, 3.8) is 0 Å². The fourth-order valence-electron chi connectivity index (χ4n) is 4.78. The van der Waals surface area contributed by atoms with Crippen molar-refractivity contribution >= 4 is 21.8 Å². The van der Waals surface area contributed by atoms with Crippen molar-refractivity contribution < 1.29 is 0 Å². The van der Waals surface area contributed by atoms with Crippen LogP contribution >= 0.6 is 0 Å². The van der Waals surface area contributed by atoms with Crippen molar-refractivity contribution in [2.24, 2.45) is 0 Å². The van der Waals surface area contributed by atoms with Crippen LogP contribution in [-0.2, 0) is 0 Å². The average molecular weight is 465 g/mol. The maximum Gasteiger partial charge on any atom is 0.187 e. The third-order valence-corrected chi connectivity index (χ3v) is 6.39. The Balaban J connectivity index is 1.41. The van der Waals surface area contributed by atoms with Crippen molar-refractivity contribution in [3.05, 3.63) is 122 Å². The molecule has 7 rings (SSSR count). The van der Waals surface area contributed by atoms with Gasteiger partial charge in [0.1, 0.15) is 11.5 Å². The summed E-state index contributed by atoms with van der Waals surface area (Å²) < 4.78 is 4.22. The molecule has 6 nitrogen and oxygen atoms in total. The molecule has 0 N–H and O–H groups in total. The van der Waals surface area contributed by atoms with Crippen LogP contribution in [0.15, 0.2) is 122 Å². The zero-order valence-electron chi connectivity index (χ0n) is 19.2. The van der Waals surface area contributed by atoms with Gasteiger partial charge in [0.05, 0.1) is 22.9 Å². The van der Waals surface area contributed by atoms with Gasteiger partial charge >= 0.3 is 0 Å². The van der Waals surface area contributed by atoms with Crippen molar-refractivity contribution in [1.82, 2.24) is 29.3 Å². The fourth-order valence-corrected chi connectivity index (χ4v) is 4.78. The third kappa shape index (κ3) is 3.20. The molecule has 0 aliphatic rings. The lowest BCUT2D eigenvalue weighted by Gasteiger charge is -2.12. The molecule has 4 heterocycles. The maximum absolute atomic E-state index is 4.91. The number of aromatic nitrogens is 6. The van der Waals surface area contributed by atoms with Crippen LogP contribution in [0.25, 0.3) is 56.2 Å². The first-order valence-corrected chi connectivity index (χ1v) is 11.8. The molecule has 0 saturated heterocycles. The Morgan fingerprint density at radius 3 is 1.83 bits per heavy atom. The molecule has 0 atom stereocenters. The van der Waals surface area contributed by atoms with E-state index in [1.54, 1.807) is 6.20 Å². The second-order valence-electron chi connectivity index (χ2n) is 8.51. The summed E-state index contributed by atoms with van der Waals surface area (Å²) in [6.07, 6.45) is 3.64. The van der Waals surface area contributed by atoms with Gasteiger partial charge in [0.15, 0.2) is 11.6 Å². The molecule has 0 amide bonds. The summed E-state index contributed by atoms with van der Waals surface area (Å²) in [4.78, 5) is 9.43. The monoisotopic (exact) mass is 464 g/mol. The lowest BCUT2D eigenvalue weighted by Crippen LogP contribution is -2.03. The van der Waals surface area contributed by atoms with Gasteiger partial charge in [0, 0.05) is 22.5 Å². The Hall–Kier alpha value is -5.10. The number of benzene rings is 3. The average Bonchev–Trinajstić information content (AvgIpc) is 3.54. The Bertz CT molecular complexity index is 1710. The van der Waals surface area contributed by atoms with Gasteiger partial charge in [-0.25, -0.2) is 4.98 Å². The van der Waals surface area contributed by atoms with Crippen molar-refractivity contribution in [2.75, 3.05) is 0 Å². The van der Waals surface area contributed by atoms with Crippen LogP contribution in [0.2, 0.25) is 0 Å². The maximum atomic E-state index is 4.91. The molecule has 0 spiro atoms. The van der Waals surface area contributed by atoms with Crippen LogP contribution < -0.4 is 0 Å².